The summed E-state index contributed by atoms with van der Waals surface area (Å²) in [6.45, 7) is 1.23. The van der Waals surface area contributed by atoms with Crippen LogP contribution in [-0.4, -0.2) is 23.8 Å². The first-order chi connectivity index (χ1) is 5.92. The number of nitrogens with zero attached hydrogens (tertiary/aromatic N) is 1. The van der Waals surface area contributed by atoms with Crippen LogP contribution in [0.5, 0.6) is 0 Å². The van der Waals surface area contributed by atoms with E-state index in [2.05, 4.69) is 31.9 Å². The summed E-state index contributed by atoms with van der Waals surface area (Å²) in [5.74, 6) is 0.812. The van der Waals surface area contributed by atoms with Gasteiger partial charge in [0.25, 0.3) is 0 Å². The fraction of sp³-hybridized carbons (Fsp3) is 0.778. The second kappa shape index (κ2) is 3.66. The summed E-state index contributed by atoms with van der Waals surface area (Å²) in [4.78, 5) is 2.45. The standard InChI is InChI=1S/C9H17N2P/c12-7-8-3-1-2-5-11-6-4-10-9(8)11/h4,6,8-10H,1-3,5,7,12H2. The number of hydrogen-bond acceptors (Lipinski definition) is 2. The summed E-state index contributed by atoms with van der Waals surface area (Å²) >= 11 is 0. The predicted molar refractivity (Wildman–Crippen MR) is 54.7 cm³/mol. The second-order valence-corrected chi connectivity index (χ2v) is 4.13. The highest BCUT2D eigenvalue weighted by Crippen LogP contribution is 2.25. The van der Waals surface area contributed by atoms with Gasteiger partial charge in [-0.15, -0.1) is 9.24 Å². The van der Waals surface area contributed by atoms with Crippen molar-refractivity contribution in [1.29, 1.82) is 0 Å². The Hall–Kier alpha value is -0.230. The van der Waals surface area contributed by atoms with Crippen LogP contribution in [0.25, 0.3) is 0 Å². The molecule has 0 amide bonds. The molecule has 2 rings (SSSR count). The molecule has 3 heteroatoms. The van der Waals surface area contributed by atoms with Crippen LogP contribution >= 0.6 is 9.24 Å². The molecule has 2 nitrogen and oxygen atoms in total. The SMILES string of the molecule is PCC1CCCCN2C=CNC12. The fourth-order valence-electron chi connectivity index (χ4n) is 2.15. The molecule has 68 valence electrons. The minimum atomic E-state index is 0.588. The molecule has 2 aliphatic heterocycles. The highest BCUT2D eigenvalue weighted by atomic mass is 31.0. The molecule has 1 N–H and O–H groups in total. The van der Waals surface area contributed by atoms with Crippen molar-refractivity contribution in [3.8, 4) is 0 Å². The third-order valence-corrected chi connectivity index (χ3v) is 3.49. The average Bonchev–Trinajstić information content (AvgIpc) is 2.46. The zero-order valence-corrected chi connectivity index (χ0v) is 8.52. The maximum absolute atomic E-state index is 3.43. The number of nitrogens with one attached hydrogen (secondary N) is 1. The molecule has 0 bridgehead atoms. The maximum Gasteiger partial charge on any atom is 0.101 e. The molecule has 0 spiro atoms. The van der Waals surface area contributed by atoms with Crippen molar-refractivity contribution in [2.45, 2.75) is 25.4 Å². The van der Waals surface area contributed by atoms with Crippen molar-refractivity contribution in [2.24, 2.45) is 5.92 Å². The van der Waals surface area contributed by atoms with Gasteiger partial charge in [-0.3, -0.25) is 0 Å². The summed E-state index contributed by atoms with van der Waals surface area (Å²) in [6.07, 6.45) is 10.2. The van der Waals surface area contributed by atoms with Gasteiger partial charge in [-0.2, -0.15) is 0 Å². The fourth-order valence-corrected chi connectivity index (χ4v) is 2.65. The van der Waals surface area contributed by atoms with Gasteiger partial charge in [0.15, 0.2) is 0 Å². The van der Waals surface area contributed by atoms with Gasteiger partial charge in [-0.05, 0) is 19.0 Å². The summed E-state index contributed by atoms with van der Waals surface area (Å²) in [6, 6.07) is 0. The zero-order valence-electron chi connectivity index (χ0n) is 7.37. The van der Waals surface area contributed by atoms with Crippen molar-refractivity contribution >= 4 is 9.24 Å². The molecule has 2 aliphatic rings. The first-order valence-electron chi connectivity index (χ1n) is 4.80. The molecule has 3 atom stereocenters. The van der Waals surface area contributed by atoms with Gasteiger partial charge in [0.2, 0.25) is 0 Å². The first-order valence-corrected chi connectivity index (χ1v) is 5.62. The summed E-state index contributed by atoms with van der Waals surface area (Å²) in [5.41, 5.74) is 0. The molecular formula is C9H17N2P. The lowest BCUT2D eigenvalue weighted by Crippen LogP contribution is -2.41. The Morgan fingerprint density at radius 3 is 3.25 bits per heavy atom. The summed E-state index contributed by atoms with van der Waals surface area (Å²) in [7, 11) is 2.87. The van der Waals surface area contributed by atoms with Gasteiger partial charge < -0.3 is 10.2 Å². The van der Waals surface area contributed by atoms with Gasteiger partial charge >= 0.3 is 0 Å². The van der Waals surface area contributed by atoms with E-state index in [-0.39, 0.29) is 0 Å². The second-order valence-electron chi connectivity index (χ2n) is 3.66. The van der Waals surface area contributed by atoms with Gasteiger partial charge in [-0.1, -0.05) is 6.42 Å². The monoisotopic (exact) mass is 184 g/mol. The number of hydrogen-bond donors (Lipinski definition) is 1. The first kappa shape index (κ1) is 8.37. The molecule has 0 aromatic heterocycles. The van der Waals surface area contributed by atoms with Crippen molar-refractivity contribution in [2.75, 3.05) is 12.7 Å². The molecule has 0 aromatic rings. The van der Waals surface area contributed by atoms with Crippen LogP contribution < -0.4 is 5.32 Å². The lowest BCUT2D eigenvalue weighted by Gasteiger charge is -2.28. The van der Waals surface area contributed by atoms with E-state index in [1.165, 1.54) is 32.0 Å². The Balaban J connectivity index is 2.06. The zero-order chi connectivity index (χ0) is 8.39. The molecule has 12 heavy (non-hydrogen) atoms. The maximum atomic E-state index is 3.43. The van der Waals surface area contributed by atoms with Gasteiger partial charge in [0.05, 0.1) is 0 Å². The van der Waals surface area contributed by atoms with E-state index in [4.69, 9.17) is 0 Å². The molecule has 1 fully saturated rings. The van der Waals surface area contributed by atoms with Crippen molar-refractivity contribution in [3.63, 3.8) is 0 Å². The Kier molecular flexibility index (Phi) is 2.55. The van der Waals surface area contributed by atoms with Crippen molar-refractivity contribution in [3.05, 3.63) is 12.4 Å². The molecular weight excluding hydrogens is 167 g/mol. The quantitative estimate of drug-likeness (QED) is 0.619. The molecule has 0 radical (unpaired) electrons. The minimum Gasteiger partial charge on any atom is -0.370 e. The van der Waals surface area contributed by atoms with E-state index < -0.39 is 0 Å². The van der Waals surface area contributed by atoms with Gasteiger partial charge in [-0.25, -0.2) is 0 Å². The Labute approximate surface area is 76.6 Å². The van der Waals surface area contributed by atoms with Crippen LogP contribution in [0, 0.1) is 5.92 Å². The van der Waals surface area contributed by atoms with Crippen LogP contribution in [-0.2, 0) is 0 Å². The van der Waals surface area contributed by atoms with Crippen LogP contribution in [0.2, 0.25) is 0 Å². The minimum absolute atomic E-state index is 0.588. The van der Waals surface area contributed by atoms with E-state index >= 15 is 0 Å². The molecule has 0 aliphatic carbocycles. The number of rotatable bonds is 1. The molecule has 1 saturated heterocycles. The smallest absolute Gasteiger partial charge is 0.101 e. The summed E-state index contributed by atoms with van der Waals surface area (Å²) < 4.78 is 0. The molecule has 0 saturated carbocycles. The van der Waals surface area contributed by atoms with Gasteiger partial charge in [0.1, 0.15) is 6.17 Å². The Morgan fingerprint density at radius 2 is 2.42 bits per heavy atom. The normalized spacial score (nSPS) is 34.2. The highest BCUT2D eigenvalue weighted by molar-refractivity contribution is 7.16. The third kappa shape index (κ3) is 1.45. The lowest BCUT2D eigenvalue weighted by atomic mass is 10.0. The molecule has 2 heterocycles. The summed E-state index contributed by atoms with van der Waals surface area (Å²) in [5, 5.41) is 3.43. The molecule has 0 aromatic carbocycles. The van der Waals surface area contributed by atoms with Crippen molar-refractivity contribution in [1.82, 2.24) is 10.2 Å². The third-order valence-electron chi connectivity index (χ3n) is 2.88. The predicted octanol–water partition coefficient (Wildman–Crippen LogP) is 1.36. The van der Waals surface area contributed by atoms with Crippen LogP contribution in [0.15, 0.2) is 12.4 Å². The van der Waals surface area contributed by atoms with Crippen LogP contribution in [0.1, 0.15) is 19.3 Å². The van der Waals surface area contributed by atoms with E-state index in [0.29, 0.717) is 6.17 Å². The lowest BCUT2D eigenvalue weighted by molar-refractivity contribution is 0.230. The number of fused-ring (bicyclic) bond motifs is 1. The Bertz CT molecular complexity index is 181. The topological polar surface area (TPSA) is 15.3 Å². The van der Waals surface area contributed by atoms with Crippen LogP contribution in [0.4, 0.5) is 0 Å². The Morgan fingerprint density at radius 1 is 1.50 bits per heavy atom. The van der Waals surface area contributed by atoms with E-state index in [1.54, 1.807) is 0 Å². The van der Waals surface area contributed by atoms with E-state index in [1.807, 2.05) is 0 Å². The largest absolute Gasteiger partial charge is 0.370 e. The van der Waals surface area contributed by atoms with E-state index in [9.17, 15) is 0 Å². The van der Waals surface area contributed by atoms with Crippen molar-refractivity contribution < 1.29 is 0 Å². The highest BCUT2D eigenvalue weighted by Gasteiger charge is 2.28. The average molecular weight is 184 g/mol. The molecule has 3 unspecified atom stereocenters. The van der Waals surface area contributed by atoms with Gasteiger partial charge in [0, 0.05) is 24.9 Å². The van der Waals surface area contributed by atoms with Crippen LogP contribution in [0.3, 0.4) is 0 Å². The van der Waals surface area contributed by atoms with E-state index in [0.717, 1.165) is 5.92 Å².